The van der Waals surface area contributed by atoms with Gasteiger partial charge in [0.1, 0.15) is 5.78 Å². The van der Waals surface area contributed by atoms with Crippen LogP contribution in [0.25, 0.3) is 0 Å². The van der Waals surface area contributed by atoms with Crippen LogP contribution < -0.4 is 0 Å². The maximum absolute atomic E-state index is 11.1. The summed E-state index contributed by atoms with van der Waals surface area (Å²) in [6, 6.07) is 0. The van der Waals surface area contributed by atoms with E-state index in [-0.39, 0.29) is 23.2 Å². The van der Waals surface area contributed by atoms with E-state index in [2.05, 4.69) is 0 Å². The number of ketones is 1. The van der Waals surface area contributed by atoms with Crippen molar-refractivity contribution in [3.8, 4) is 0 Å². The Kier molecular flexibility index (Phi) is 2.06. The minimum Gasteiger partial charge on any atom is -0.392 e. The van der Waals surface area contributed by atoms with Gasteiger partial charge in [0.25, 0.3) is 0 Å². The maximum Gasteiger partial charge on any atom is 0.133 e. The van der Waals surface area contributed by atoms with Crippen LogP contribution in [0, 0.1) is 11.3 Å². The summed E-state index contributed by atoms with van der Waals surface area (Å²) in [4.78, 5) is 11.1. The number of Topliss-reactive ketones (excluding diaryl/α,β-unsaturated/α-hetero) is 1. The minimum absolute atomic E-state index is 0.131. The molecule has 2 atom stereocenters. The van der Waals surface area contributed by atoms with Crippen molar-refractivity contribution < 1.29 is 9.90 Å². The minimum atomic E-state index is -0.319. The molecule has 0 radical (unpaired) electrons. The molecule has 0 aromatic heterocycles. The Morgan fingerprint density at radius 3 is 2.55 bits per heavy atom. The maximum atomic E-state index is 11.1. The average Bonchev–Trinajstić information content (AvgIpc) is 1.81. The van der Waals surface area contributed by atoms with E-state index in [9.17, 15) is 9.90 Å². The average molecular weight is 156 g/mol. The fourth-order valence-corrected chi connectivity index (χ4v) is 1.93. The third kappa shape index (κ3) is 1.62. The molecule has 0 bridgehead atoms. The topological polar surface area (TPSA) is 37.3 Å². The molecule has 0 unspecified atom stereocenters. The van der Waals surface area contributed by atoms with E-state index < -0.39 is 0 Å². The van der Waals surface area contributed by atoms with Crippen LogP contribution in [0.15, 0.2) is 0 Å². The number of hydrogen-bond donors (Lipinski definition) is 1. The molecule has 1 rings (SSSR count). The van der Waals surface area contributed by atoms with Crippen LogP contribution >= 0.6 is 0 Å². The number of carbonyl (C=O) groups is 1. The number of aliphatic hydroxyl groups excluding tert-OH is 1. The van der Waals surface area contributed by atoms with Crippen LogP contribution in [0.4, 0.5) is 0 Å². The van der Waals surface area contributed by atoms with Gasteiger partial charge in [0.15, 0.2) is 0 Å². The lowest BCUT2D eigenvalue weighted by molar-refractivity contribution is -0.131. The second-order valence-electron chi connectivity index (χ2n) is 4.33. The van der Waals surface area contributed by atoms with Crippen molar-refractivity contribution in [3.05, 3.63) is 0 Å². The van der Waals surface area contributed by atoms with E-state index in [4.69, 9.17) is 0 Å². The van der Waals surface area contributed by atoms with Crippen LogP contribution in [0.1, 0.15) is 33.6 Å². The second kappa shape index (κ2) is 2.59. The molecule has 1 aliphatic rings. The zero-order valence-corrected chi connectivity index (χ0v) is 7.42. The molecule has 1 aliphatic carbocycles. The van der Waals surface area contributed by atoms with Crippen molar-refractivity contribution in [2.45, 2.75) is 39.7 Å². The highest BCUT2D eigenvalue weighted by Crippen LogP contribution is 2.36. The normalized spacial score (nSPS) is 37.3. The smallest absolute Gasteiger partial charge is 0.133 e. The summed E-state index contributed by atoms with van der Waals surface area (Å²) in [6.45, 7) is 5.83. The standard InChI is InChI=1S/C9H16O2/c1-6-4-7(10)5-9(2,3)8(6)11/h6,8,11H,4-5H2,1-3H3/t6-,8+/m0/s1. The van der Waals surface area contributed by atoms with Gasteiger partial charge < -0.3 is 5.11 Å². The lowest BCUT2D eigenvalue weighted by Gasteiger charge is -2.38. The van der Waals surface area contributed by atoms with Crippen molar-refractivity contribution in [1.82, 2.24) is 0 Å². The van der Waals surface area contributed by atoms with Gasteiger partial charge in [0.05, 0.1) is 6.10 Å². The zero-order chi connectivity index (χ0) is 8.65. The molecule has 1 saturated carbocycles. The molecular formula is C9H16O2. The molecule has 0 amide bonds. The summed E-state index contributed by atoms with van der Waals surface area (Å²) in [5, 5.41) is 9.67. The lowest BCUT2D eigenvalue weighted by atomic mass is 9.70. The molecular weight excluding hydrogens is 140 g/mol. The Morgan fingerprint density at radius 2 is 2.09 bits per heavy atom. The largest absolute Gasteiger partial charge is 0.392 e. The van der Waals surface area contributed by atoms with E-state index in [1.165, 1.54) is 0 Å². The first-order valence-electron chi connectivity index (χ1n) is 4.13. The van der Waals surface area contributed by atoms with E-state index in [0.717, 1.165) is 0 Å². The molecule has 1 N–H and O–H groups in total. The van der Waals surface area contributed by atoms with Gasteiger partial charge in [-0.1, -0.05) is 20.8 Å². The predicted octanol–water partition coefficient (Wildman–Crippen LogP) is 1.37. The van der Waals surface area contributed by atoms with Crippen LogP contribution in [0.3, 0.4) is 0 Å². The third-order valence-corrected chi connectivity index (χ3v) is 2.54. The van der Waals surface area contributed by atoms with Crippen molar-refractivity contribution in [1.29, 1.82) is 0 Å². The zero-order valence-electron chi connectivity index (χ0n) is 7.42. The molecule has 2 heteroatoms. The lowest BCUT2D eigenvalue weighted by Crippen LogP contribution is -2.42. The van der Waals surface area contributed by atoms with Crippen LogP contribution in [-0.4, -0.2) is 17.0 Å². The van der Waals surface area contributed by atoms with Crippen LogP contribution in [-0.2, 0) is 4.79 Å². The summed E-state index contributed by atoms with van der Waals surface area (Å²) >= 11 is 0. The van der Waals surface area contributed by atoms with Crippen molar-refractivity contribution in [2.75, 3.05) is 0 Å². The first kappa shape index (κ1) is 8.72. The first-order valence-corrected chi connectivity index (χ1v) is 4.13. The first-order chi connectivity index (χ1) is 4.93. The van der Waals surface area contributed by atoms with Gasteiger partial charge in [0.2, 0.25) is 0 Å². The highest BCUT2D eigenvalue weighted by atomic mass is 16.3. The molecule has 0 saturated heterocycles. The molecule has 0 spiro atoms. The second-order valence-corrected chi connectivity index (χ2v) is 4.33. The van der Waals surface area contributed by atoms with Gasteiger partial charge in [-0.15, -0.1) is 0 Å². The summed E-state index contributed by atoms with van der Waals surface area (Å²) in [7, 11) is 0. The molecule has 0 aromatic carbocycles. The van der Waals surface area contributed by atoms with Gasteiger partial charge in [-0.05, 0) is 11.3 Å². The summed E-state index contributed by atoms with van der Waals surface area (Å²) < 4.78 is 0. The third-order valence-electron chi connectivity index (χ3n) is 2.54. The fraction of sp³-hybridized carbons (Fsp3) is 0.889. The SMILES string of the molecule is C[C@H]1CC(=O)CC(C)(C)[C@@H]1O. The van der Waals surface area contributed by atoms with Gasteiger partial charge in [-0.3, -0.25) is 4.79 Å². The highest BCUT2D eigenvalue weighted by Gasteiger charge is 2.39. The van der Waals surface area contributed by atoms with Crippen LogP contribution in [0.5, 0.6) is 0 Å². The molecule has 0 aromatic rings. The highest BCUT2D eigenvalue weighted by molar-refractivity contribution is 5.80. The molecule has 11 heavy (non-hydrogen) atoms. The number of carbonyl (C=O) groups excluding carboxylic acids is 1. The summed E-state index contributed by atoms with van der Waals surface area (Å²) in [5.74, 6) is 0.416. The quantitative estimate of drug-likeness (QED) is 0.575. The van der Waals surface area contributed by atoms with E-state index in [0.29, 0.717) is 12.8 Å². The van der Waals surface area contributed by atoms with E-state index in [1.807, 2.05) is 20.8 Å². The van der Waals surface area contributed by atoms with E-state index >= 15 is 0 Å². The number of hydrogen-bond acceptors (Lipinski definition) is 2. The Morgan fingerprint density at radius 1 is 1.55 bits per heavy atom. The van der Waals surface area contributed by atoms with Crippen LogP contribution in [0.2, 0.25) is 0 Å². The van der Waals surface area contributed by atoms with Crippen molar-refractivity contribution in [2.24, 2.45) is 11.3 Å². The number of rotatable bonds is 0. The molecule has 1 fully saturated rings. The Hall–Kier alpha value is -0.370. The molecule has 0 aliphatic heterocycles. The fourth-order valence-electron chi connectivity index (χ4n) is 1.93. The van der Waals surface area contributed by atoms with Gasteiger partial charge >= 0.3 is 0 Å². The van der Waals surface area contributed by atoms with Gasteiger partial charge in [-0.2, -0.15) is 0 Å². The Bertz CT molecular complexity index is 172. The Labute approximate surface area is 67.6 Å². The van der Waals surface area contributed by atoms with Crippen molar-refractivity contribution in [3.63, 3.8) is 0 Å². The predicted molar refractivity (Wildman–Crippen MR) is 43.2 cm³/mol. The van der Waals surface area contributed by atoms with Gasteiger partial charge in [-0.25, -0.2) is 0 Å². The molecule has 64 valence electrons. The molecule has 2 nitrogen and oxygen atoms in total. The van der Waals surface area contributed by atoms with Crippen molar-refractivity contribution >= 4 is 5.78 Å². The summed E-state index contributed by atoms with van der Waals surface area (Å²) in [6.07, 6.45) is 0.753. The number of aliphatic hydroxyl groups is 1. The molecule has 0 heterocycles. The summed E-state index contributed by atoms with van der Waals surface area (Å²) in [5.41, 5.74) is -0.214. The van der Waals surface area contributed by atoms with Gasteiger partial charge in [0, 0.05) is 12.8 Å². The van der Waals surface area contributed by atoms with E-state index in [1.54, 1.807) is 0 Å². The monoisotopic (exact) mass is 156 g/mol. The Balaban J connectivity index is 2.75.